The second kappa shape index (κ2) is 4.85. The first kappa shape index (κ1) is 11.4. The first-order valence-electron chi connectivity index (χ1n) is 4.90. The maximum absolute atomic E-state index is 5.73. The number of thiazole rings is 1. The van der Waals surface area contributed by atoms with Gasteiger partial charge in [0.2, 0.25) is 0 Å². The summed E-state index contributed by atoms with van der Waals surface area (Å²) in [5, 5.41) is 2.98. The zero-order valence-electron chi connectivity index (χ0n) is 9.16. The summed E-state index contributed by atoms with van der Waals surface area (Å²) in [5.41, 5.74) is 3.19. The van der Waals surface area contributed by atoms with Crippen LogP contribution in [0.4, 0.5) is 0 Å². The van der Waals surface area contributed by atoms with Crippen LogP contribution in [-0.2, 0) is 5.88 Å². The maximum Gasteiger partial charge on any atom is 0.121 e. The number of methoxy groups -OCH3 is 1. The summed E-state index contributed by atoms with van der Waals surface area (Å²) < 4.78 is 5.22. The number of nitrogens with zero attached hydrogens (tertiary/aromatic N) is 1. The van der Waals surface area contributed by atoms with E-state index in [4.69, 9.17) is 16.3 Å². The molecule has 2 nitrogen and oxygen atoms in total. The molecule has 0 saturated carbocycles. The molecule has 0 radical (unpaired) electrons. The highest BCUT2D eigenvalue weighted by Crippen LogP contribution is 2.27. The van der Waals surface area contributed by atoms with Crippen molar-refractivity contribution in [3.05, 3.63) is 34.2 Å². The third-order valence-electron chi connectivity index (χ3n) is 2.36. The molecule has 0 aliphatic carbocycles. The molecular weight excluding hydrogens is 242 g/mol. The monoisotopic (exact) mass is 253 g/mol. The molecule has 0 amide bonds. The fourth-order valence-corrected chi connectivity index (χ4v) is 2.44. The van der Waals surface area contributed by atoms with Gasteiger partial charge >= 0.3 is 0 Å². The van der Waals surface area contributed by atoms with E-state index in [0.717, 1.165) is 27.6 Å². The number of alkyl halides is 1. The Morgan fingerprint density at radius 1 is 1.44 bits per heavy atom. The lowest BCUT2D eigenvalue weighted by atomic mass is 10.1. The molecule has 4 heteroatoms. The van der Waals surface area contributed by atoms with Crippen LogP contribution < -0.4 is 4.74 Å². The molecule has 1 aromatic heterocycles. The lowest BCUT2D eigenvalue weighted by Crippen LogP contribution is -1.88. The van der Waals surface area contributed by atoms with Gasteiger partial charge < -0.3 is 4.74 Å². The number of aryl methyl sites for hydroxylation is 1. The van der Waals surface area contributed by atoms with E-state index in [0.29, 0.717) is 5.88 Å². The standard InChI is InChI=1S/C12H12ClNOS/c1-8-5-9(3-4-11(8)15-2)10-7-16-12(6-13)14-10/h3-5,7H,6H2,1-2H3. The van der Waals surface area contributed by atoms with Gasteiger partial charge in [-0.2, -0.15) is 0 Å². The first-order chi connectivity index (χ1) is 7.74. The van der Waals surface area contributed by atoms with Crippen LogP contribution in [0.15, 0.2) is 23.6 Å². The SMILES string of the molecule is COc1ccc(-c2csc(CCl)n2)cc1C. The minimum atomic E-state index is 0.472. The topological polar surface area (TPSA) is 22.1 Å². The Morgan fingerprint density at radius 2 is 2.25 bits per heavy atom. The lowest BCUT2D eigenvalue weighted by Gasteiger charge is -2.05. The van der Waals surface area contributed by atoms with Crippen LogP contribution in [0.25, 0.3) is 11.3 Å². The Kier molecular flexibility index (Phi) is 3.46. The van der Waals surface area contributed by atoms with E-state index in [2.05, 4.69) is 11.1 Å². The summed E-state index contributed by atoms with van der Waals surface area (Å²) in [5.74, 6) is 1.37. The maximum atomic E-state index is 5.73. The molecule has 1 heterocycles. The number of halogens is 1. The minimum Gasteiger partial charge on any atom is -0.496 e. The Balaban J connectivity index is 2.37. The normalized spacial score (nSPS) is 10.4. The molecule has 84 valence electrons. The van der Waals surface area contributed by atoms with Crippen molar-refractivity contribution in [1.29, 1.82) is 0 Å². The van der Waals surface area contributed by atoms with Crippen LogP contribution in [0, 0.1) is 6.92 Å². The summed E-state index contributed by atoms with van der Waals surface area (Å²) in [6.45, 7) is 2.02. The smallest absolute Gasteiger partial charge is 0.121 e. The highest BCUT2D eigenvalue weighted by atomic mass is 35.5. The van der Waals surface area contributed by atoms with Gasteiger partial charge in [0.05, 0.1) is 18.7 Å². The molecule has 0 aliphatic rings. The average molecular weight is 254 g/mol. The van der Waals surface area contributed by atoms with Crippen LogP contribution >= 0.6 is 22.9 Å². The predicted octanol–water partition coefficient (Wildman–Crippen LogP) is 3.87. The van der Waals surface area contributed by atoms with Gasteiger partial charge in [0.15, 0.2) is 0 Å². The van der Waals surface area contributed by atoms with E-state index in [9.17, 15) is 0 Å². The van der Waals surface area contributed by atoms with Crippen molar-refractivity contribution in [3.63, 3.8) is 0 Å². The fourth-order valence-electron chi connectivity index (χ4n) is 1.54. The van der Waals surface area contributed by atoms with Crippen LogP contribution in [0.3, 0.4) is 0 Å². The molecule has 2 aromatic rings. The van der Waals surface area contributed by atoms with Gasteiger partial charge in [0.25, 0.3) is 0 Å². The fraction of sp³-hybridized carbons (Fsp3) is 0.250. The molecule has 1 aromatic carbocycles. The van der Waals surface area contributed by atoms with Gasteiger partial charge in [-0.25, -0.2) is 4.98 Å². The zero-order valence-corrected chi connectivity index (χ0v) is 10.7. The molecule has 0 atom stereocenters. The molecular formula is C12H12ClNOS. The summed E-state index contributed by atoms with van der Waals surface area (Å²) in [7, 11) is 1.68. The van der Waals surface area contributed by atoms with Crippen molar-refractivity contribution >= 4 is 22.9 Å². The van der Waals surface area contributed by atoms with E-state index < -0.39 is 0 Å². The van der Waals surface area contributed by atoms with E-state index in [1.807, 2.05) is 24.4 Å². The van der Waals surface area contributed by atoms with Crippen molar-refractivity contribution in [1.82, 2.24) is 4.98 Å². The van der Waals surface area contributed by atoms with Crippen LogP contribution in [0.1, 0.15) is 10.6 Å². The predicted molar refractivity (Wildman–Crippen MR) is 68.4 cm³/mol. The van der Waals surface area contributed by atoms with E-state index in [1.165, 1.54) is 0 Å². The van der Waals surface area contributed by atoms with Crippen molar-refractivity contribution in [3.8, 4) is 17.0 Å². The van der Waals surface area contributed by atoms with Crippen LogP contribution in [-0.4, -0.2) is 12.1 Å². The van der Waals surface area contributed by atoms with E-state index >= 15 is 0 Å². The van der Waals surface area contributed by atoms with E-state index in [-0.39, 0.29) is 0 Å². The highest BCUT2D eigenvalue weighted by Gasteiger charge is 2.06. The summed E-state index contributed by atoms with van der Waals surface area (Å²) in [6, 6.07) is 6.05. The third-order valence-corrected chi connectivity index (χ3v) is 3.62. The van der Waals surface area contributed by atoms with Crippen molar-refractivity contribution in [2.24, 2.45) is 0 Å². The molecule has 0 fully saturated rings. The third kappa shape index (κ3) is 2.20. The lowest BCUT2D eigenvalue weighted by molar-refractivity contribution is 0.412. The Hall–Kier alpha value is -1.06. The van der Waals surface area contributed by atoms with Crippen molar-refractivity contribution in [2.45, 2.75) is 12.8 Å². The molecule has 0 bridgehead atoms. The summed E-state index contributed by atoms with van der Waals surface area (Å²) >= 11 is 7.32. The number of aromatic nitrogens is 1. The molecule has 0 N–H and O–H groups in total. The molecule has 2 rings (SSSR count). The van der Waals surface area contributed by atoms with Gasteiger partial charge in [-0.3, -0.25) is 0 Å². The zero-order chi connectivity index (χ0) is 11.5. The quantitative estimate of drug-likeness (QED) is 0.775. The number of benzene rings is 1. The number of rotatable bonds is 3. The summed E-state index contributed by atoms with van der Waals surface area (Å²) in [6.07, 6.45) is 0. The molecule has 0 spiro atoms. The van der Waals surface area contributed by atoms with Crippen LogP contribution in [0.5, 0.6) is 5.75 Å². The Bertz CT molecular complexity index is 496. The van der Waals surface area contributed by atoms with Gasteiger partial charge in [-0.15, -0.1) is 22.9 Å². The first-order valence-corrected chi connectivity index (χ1v) is 6.31. The van der Waals surface area contributed by atoms with Gasteiger partial charge in [0, 0.05) is 10.9 Å². The van der Waals surface area contributed by atoms with Gasteiger partial charge in [0.1, 0.15) is 10.8 Å². The summed E-state index contributed by atoms with van der Waals surface area (Å²) in [4.78, 5) is 4.44. The van der Waals surface area contributed by atoms with E-state index in [1.54, 1.807) is 18.4 Å². The number of ether oxygens (including phenoxy) is 1. The average Bonchev–Trinajstić information content (AvgIpc) is 2.77. The molecule has 16 heavy (non-hydrogen) atoms. The van der Waals surface area contributed by atoms with Gasteiger partial charge in [-0.05, 0) is 30.7 Å². The molecule has 0 saturated heterocycles. The second-order valence-corrected chi connectivity index (χ2v) is 4.65. The highest BCUT2D eigenvalue weighted by molar-refractivity contribution is 7.10. The second-order valence-electron chi connectivity index (χ2n) is 3.44. The number of hydrogen-bond donors (Lipinski definition) is 0. The minimum absolute atomic E-state index is 0.472. The molecule has 0 unspecified atom stereocenters. The largest absolute Gasteiger partial charge is 0.496 e. The molecule has 0 aliphatic heterocycles. The van der Waals surface area contributed by atoms with Crippen molar-refractivity contribution < 1.29 is 4.74 Å². The Morgan fingerprint density at radius 3 is 2.81 bits per heavy atom. The van der Waals surface area contributed by atoms with Gasteiger partial charge in [-0.1, -0.05) is 0 Å². The van der Waals surface area contributed by atoms with Crippen LogP contribution in [0.2, 0.25) is 0 Å². The Labute approximate surface area is 104 Å². The number of hydrogen-bond acceptors (Lipinski definition) is 3. The van der Waals surface area contributed by atoms with Crippen molar-refractivity contribution in [2.75, 3.05) is 7.11 Å².